The molecule has 1 aliphatic carbocycles. The fraction of sp³-hybridized carbons (Fsp3) is 0.529. The zero-order valence-electron chi connectivity index (χ0n) is 11.8. The van der Waals surface area contributed by atoms with E-state index >= 15 is 0 Å². The summed E-state index contributed by atoms with van der Waals surface area (Å²) in [6.45, 7) is 3.75. The molecule has 0 saturated carbocycles. The van der Waals surface area contributed by atoms with E-state index in [-0.39, 0.29) is 0 Å². The maximum Gasteiger partial charge on any atom is 0.126 e. The average Bonchev–Trinajstić information content (AvgIpc) is 2.48. The van der Waals surface area contributed by atoms with E-state index in [2.05, 4.69) is 35.3 Å². The van der Waals surface area contributed by atoms with Crippen LogP contribution in [0.15, 0.2) is 24.3 Å². The van der Waals surface area contributed by atoms with Gasteiger partial charge in [-0.15, -0.1) is 0 Å². The minimum absolute atomic E-state index is 0.633. The number of rotatable bonds is 3. The number of allylic oxidation sites excluding steroid dienone is 1. The Hall–Kier alpha value is -1.28. The van der Waals surface area contributed by atoms with E-state index in [1.54, 1.807) is 7.11 Å². The van der Waals surface area contributed by atoms with E-state index < -0.39 is 0 Å². The Kier molecular flexibility index (Phi) is 3.88. The predicted molar refractivity (Wildman–Crippen MR) is 79.7 cm³/mol. The van der Waals surface area contributed by atoms with Crippen LogP contribution in [0.5, 0.6) is 5.75 Å². The van der Waals surface area contributed by atoms with Crippen LogP contribution in [0.3, 0.4) is 0 Å². The van der Waals surface area contributed by atoms with Crippen molar-refractivity contribution in [2.45, 2.75) is 31.6 Å². The van der Waals surface area contributed by atoms with Crippen LogP contribution in [0, 0.1) is 0 Å². The van der Waals surface area contributed by atoms with E-state index in [0.29, 0.717) is 5.92 Å². The Morgan fingerprint density at radius 2 is 2.05 bits per heavy atom. The molecule has 19 heavy (non-hydrogen) atoms. The molecule has 3 rings (SSSR count). The first kappa shape index (κ1) is 12.7. The van der Waals surface area contributed by atoms with Gasteiger partial charge in [-0.05, 0) is 44.0 Å². The molecule has 2 heteroatoms. The number of nitrogens with zero attached hydrogens (tertiary/aromatic N) is 1. The molecule has 0 amide bonds. The van der Waals surface area contributed by atoms with E-state index in [1.165, 1.54) is 50.0 Å². The van der Waals surface area contributed by atoms with Gasteiger partial charge < -0.3 is 9.64 Å². The Balaban J connectivity index is 1.80. The van der Waals surface area contributed by atoms with E-state index in [1.807, 2.05) is 0 Å². The fourth-order valence-electron chi connectivity index (χ4n) is 3.38. The third kappa shape index (κ3) is 2.69. The van der Waals surface area contributed by atoms with Crippen LogP contribution in [0.25, 0.3) is 6.08 Å². The summed E-state index contributed by atoms with van der Waals surface area (Å²) >= 11 is 0. The molecule has 1 aliphatic heterocycles. The lowest BCUT2D eigenvalue weighted by atomic mass is 9.86. The number of methoxy groups -OCH3 is 1. The third-order valence-corrected chi connectivity index (χ3v) is 4.39. The first-order valence-electron chi connectivity index (χ1n) is 7.44. The number of fused-ring (bicyclic) bond motifs is 1. The summed E-state index contributed by atoms with van der Waals surface area (Å²) in [5.74, 6) is 1.64. The molecule has 1 heterocycles. The van der Waals surface area contributed by atoms with Crippen molar-refractivity contribution in [2.75, 3.05) is 26.7 Å². The van der Waals surface area contributed by atoms with Gasteiger partial charge in [-0.3, -0.25) is 0 Å². The summed E-state index contributed by atoms with van der Waals surface area (Å²) in [6.07, 6.45) is 9.84. The smallest absolute Gasteiger partial charge is 0.126 e. The second-order valence-electron chi connectivity index (χ2n) is 5.66. The molecule has 1 unspecified atom stereocenters. The van der Waals surface area contributed by atoms with Crippen LogP contribution in [-0.4, -0.2) is 31.6 Å². The van der Waals surface area contributed by atoms with Crippen molar-refractivity contribution in [3.05, 3.63) is 35.4 Å². The van der Waals surface area contributed by atoms with Gasteiger partial charge >= 0.3 is 0 Å². The van der Waals surface area contributed by atoms with Crippen molar-refractivity contribution in [3.63, 3.8) is 0 Å². The Morgan fingerprint density at radius 3 is 2.84 bits per heavy atom. The number of hydrogen-bond donors (Lipinski definition) is 0. The lowest BCUT2D eigenvalue weighted by Gasteiger charge is -2.32. The average molecular weight is 257 g/mol. The van der Waals surface area contributed by atoms with Crippen molar-refractivity contribution >= 4 is 6.08 Å². The van der Waals surface area contributed by atoms with Crippen molar-refractivity contribution in [2.24, 2.45) is 0 Å². The Morgan fingerprint density at radius 1 is 1.21 bits per heavy atom. The van der Waals surface area contributed by atoms with Gasteiger partial charge in [-0.1, -0.05) is 30.7 Å². The zero-order chi connectivity index (χ0) is 13.1. The highest BCUT2D eigenvalue weighted by Gasteiger charge is 2.22. The summed E-state index contributed by atoms with van der Waals surface area (Å²) in [6, 6.07) is 6.46. The highest BCUT2D eigenvalue weighted by atomic mass is 16.5. The minimum Gasteiger partial charge on any atom is -0.496 e. The second kappa shape index (κ2) is 5.79. The molecule has 102 valence electrons. The van der Waals surface area contributed by atoms with Crippen LogP contribution in [0.4, 0.5) is 0 Å². The number of piperidine rings is 1. The maximum absolute atomic E-state index is 5.49. The highest BCUT2D eigenvalue weighted by Crippen LogP contribution is 2.35. The van der Waals surface area contributed by atoms with Gasteiger partial charge in [-0.25, -0.2) is 0 Å². The molecule has 1 fully saturated rings. The van der Waals surface area contributed by atoms with E-state index in [0.717, 1.165) is 12.2 Å². The summed E-state index contributed by atoms with van der Waals surface area (Å²) in [5.41, 5.74) is 2.76. The van der Waals surface area contributed by atoms with Gasteiger partial charge in [0.15, 0.2) is 0 Å². The maximum atomic E-state index is 5.49. The highest BCUT2D eigenvalue weighted by molar-refractivity contribution is 5.64. The van der Waals surface area contributed by atoms with Gasteiger partial charge in [0.25, 0.3) is 0 Å². The summed E-state index contributed by atoms with van der Waals surface area (Å²) in [5, 5.41) is 0. The number of hydrogen-bond acceptors (Lipinski definition) is 2. The summed E-state index contributed by atoms with van der Waals surface area (Å²) < 4.78 is 5.49. The van der Waals surface area contributed by atoms with Crippen molar-refractivity contribution in [3.8, 4) is 5.75 Å². The molecule has 0 aromatic heterocycles. The standard InChI is InChI=1S/C17H23NO/c1-19-17-10-6-8-15-14(7-5-9-16(15)17)13-18-11-3-2-4-12-18/h5-6,8-10,14H,2-4,7,11-13H2,1H3. The summed E-state index contributed by atoms with van der Waals surface area (Å²) in [7, 11) is 1.76. The molecular weight excluding hydrogens is 234 g/mol. The molecular formula is C17H23NO. The van der Waals surface area contributed by atoms with Gasteiger partial charge in [0.2, 0.25) is 0 Å². The largest absolute Gasteiger partial charge is 0.496 e. The number of ether oxygens (including phenoxy) is 1. The monoisotopic (exact) mass is 257 g/mol. The van der Waals surface area contributed by atoms with Gasteiger partial charge in [0.1, 0.15) is 5.75 Å². The van der Waals surface area contributed by atoms with Crippen molar-refractivity contribution in [1.82, 2.24) is 4.90 Å². The van der Waals surface area contributed by atoms with E-state index in [4.69, 9.17) is 4.74 Å². The molecule has 1 aromatic carbocycles. The fourth-order valence-corrected chi connectivity index (χ4v) is 3.38. The SMILES string of the molecule is COc1cccc2c1C=CCC2CN1CCCCC1. The topological polar surface area (TPSA) is 12.5 Å². The minimum atomic E-state index is 0.633. The lowest BCUT2D eigenvalue weighted by molar-refractivity contribution is 0.215. The molecule has 1 saturated heterocycles. The van der Waals surface area contributed by atoms with Crippen LogP contribution < -0.4 is 4.74 Å². The third-order valence-electron chi connectivity index (χ3n) is 4.39. The quantitative estimate of drug-likeness (QED) is 0.819. The van der Waals surface area contributed by atoms with E-state index in [9.17, 15) is 0 Å². The van der Waals surface area contributed by atoms with Crippen LogP contribution in [0.2, 0.25) is 0 Å². The molecule has 0 spiro atoms. The van der Waals surface area contributed by atoms with Gasteiger partial charge in [-0.2, -0.15) is 0 Å². The summed E-state index contributed by atoms with van der Waals surface area (Å²) in [4.78, 5) is 2.64. The van der Waals surface area contributed by atoms with Crippen LogP contribution in [0.1, 0.15) is 42.7 Å². The first-order chi connectivity index (χ1) is 9.38. The molecule has 1 aromatic rings. The molecule has 2 aliphatic rings. The first-order valence-corrected chi connectivity index (χ1v) is 7.44. The van der Waals surface area contributed by atoms with Crippen LogP contribution >= 0.6 is 0 Å². The number of likely N-dealkylation sites (tertiary alicyclic amines) is 1. The zero-order valence-corrected chi connectivity index (χ0v) is 11.8. The lowest BCUT2D eigenvalue weighted by Crippen LogP contribution is -2.33. The van der Waals surface area contributed by atoms with Crippen LogP contribution in [-0.2, 0) is 0 Å². The van der Waals surface area contributed by atoms with Gasteiger partial charge in [0, 0.05) is 18.0 Å². The molecule has 2 nitrogen and oxygen atoms in total. The van der Waals surface area contributed by atoms with Gasteiger partial charge in [0.05, 0.1) is 7.11 Å². The molecule has 0 N–H and O–H groups in total. The van der Waals surface area contributed by atoms with Crippen molar-refractivity contribution < 1.29 is 4.74 Å². The molecule has 1 atom stereocenters. The van der Waals surface area contributed by atoms with Crippen molar-refractivity contribution in [1.29, 1.82) is 0 Å². The normalized spacial score (nSPS) is 23.1. The Labute approximate surface area is 116 Å². The molecule has 0 radical (unpaired) electrons. The number of benzene rings is 1. The molecule has 0 bridgehead atoms. The predicted octanol–water partition coefficient (Wildman–Crippen LogP) is 3.68. The Bertz CT molecular complexity index is 460. The second-order valence-corrected chi connectivity index (χ2v) is 5.66.